The molecule has 0 spiro atoms. The Morgan fingerprint density at radius 2 is 0.857 bits per heavy atom. The third kappa shape index (κ3) is 38.6. The zero-order valence-corrected chi connectivity index (χ0v) is 38.6. The minimum atomic E-state index is -0.237. The highest BCUT2D eigenvalue weighted by Gasteiger charge is 2.17. The molecule has 1 unspecified atom stereocenters. The van der Waals surface area contributed by atoms with E-state index in [1.807, 2.05) is 7.05 Å². The molecular weight excluding hydrogens is 722 g/mol. The van der Waals surface area contributed by atoms with Crippen molar-refractivity contribution in [1.29, 1.82) is 0 Å². The van der Waals surface area contributed by atoms with Gasteiger partial charge < -0.3 is 23.8 Å². The van der Waals surface area contributed by atoms with Crippen LogP contribution in [-0.4, -0.2) is 82.0 Å². The van der Waals surface area contributed by atoms with Crippen molar-refractivity contribution in [1.82, 2.24) is 4.90 Å². The van der Waals surface area contributed by atoms with E-state index in [1.165, 1.54) is 154 Å². The van der Waals surface area contributed by atoms with Crippen LogP contribution in [0, 0.1) is 11.8 Å². The summed E-state index contributed by atoms with van der Waals surface area (Å²) in [5.41, 5.74) is 0. The number of rotatable bonds is 45. The fourth-order valence-corrected chi connectivity index (χ4v) is 7.75. The average molecular weight is 817 g/mol. The number of hydrogen-bond donors (Lipinski definition) is 0. The van der Waals surface area contributed by atoms with Crippen LogP contribution < -0.4 is 0 Å². The van der Waals surface area contributed by atoms with Gasteiger partial charge in [0.2, 0.25) is 0 Å². The van der Waals surface area contributed by atoms with Crippen molar-refractivity contribution in [3.63, 3.8) is 0 Å². The summed E-state index contributed by atoms with van der Waals surface area (Å²) in [6.07, 6.45) is 35.7. The summed E-state index contributed by atoms with van der Waals surface area (Å²) >= 11 is 6.00. The molecule has 334 valence electrons. The van der Waals surface area contributed by atoms with Crippen LogP contribution in [0.1, 0.15) is 220 Å². The van der Waals surface area contributed by atoms with Gasteiger partial charge in [-0.25, -0.2) is 0 Å². The summed E-state index contributed by atoms with van der Waals surface area (Å²) in [7, 11) is 2.00. The second-order valence-corrected chi connectivity index (χ2v) is 17.2. The number of carbonyl (C=O) groups is 2. The molecule has 0 aromatic carbocycles. The lowest BCUT2D eigenvalue weighted by Gasteiger charge is -2.24. The van der Waals surface area contributed by atoms with E-state index < -0.39 is 0 Å². The molecule has 0 bridgehead atoms. The first-order chi connectivity index (χ1) is 27.4. The highest BCUT2D eigenvalue weighted by molar-refractivity contribution is 6.18. The van der Waals surface area contributed by atoms with Gasteiger partial charge in [0.25, 0.3) is 0 Å². The van der Waals surface area contributed by atoms with Gasteiger partial charge in [0.1, 0.15) is 0 Å². The summed E-state index contributed by atoms with van der Waals surface area (Å²) in [5.74, 6) is 1.04. The second kappa shape index (κ2) is 43.7. The molecule has 0 aromatic heterocycles. The first-order valence-corrected chi connectivity index (χ1v) is 24.7. The number of unbranched alkanes of at least 4 members (excludes halogenated alkanes) is 20. The molecule has 0 heterocycles. The fourth-order valence-electron chi connectivity index (χ4n) is 7.46. The molecule has 0 aromatic rings. The van der Waals surface area contributed by atoms with E-state index in [2.05, 4.69) is 32.6 Å². The quantitative estimate of drug-likeness (QED) is 0.0344. The van der Waals surface area contributed by atoms with E-state index in [4.69, 9.17) is 30.5 Å². The Balaban J connectivity index is 4.73. The van der Waals surface area contributed by atoms with Crippen LogP contribution in [0.2, 0.25) is 0 Å². The molecule has 0 amide bonds. The maximum absolute atomic E-state index is 12.8. The van der Waals surface area contributed by atoms with Crippen LogP contribution in [0.5, 0.6) is 0 Å². The van der Waals surface area contributed by atoms with E-state index in [-0.39, 0.29) is 44.1 Å². The van der Waals surface area contributed by atoms with Gasteiger partial charge in [-0.15, -0.1) is 11.6 Å². The molecular formula is C48H94ClNO6. The van der Waals surface area contributed by atoms with E-state index in [1.54, 1.807) is 0 Å². The van der Waals surface area contributed by atoms with Crippen LogP contribution >= 0.6 is 11.6 Å². The van der Waals surface area contributed by atoms with Gasteiger partial charge in [-0.3, -0.25) is 9.59 Å². The monoisotopic (exact) mass is 816 g/mol. The van der Waals surface area contributed by atoms with Gasteiger partial charge >= 0.3 is 11.9 Å². The molecule has 0 saturated heterocycles. The number of alkyl halides is 1. The molecule has 7 nitrogen and oxygen atoms in total. The van der Waals surface area contributed by atoms with E-state index in [0.29, 0.717) is 44.1 Å². The molecule has 0 aliphatic rings. The lowest BCUT2D eigenvalue weighted by atomic mass is 9.95. The molecule has 0 radical (unpaired) electrons. The smallest absolute Gasteiger partial charge is 0.308 e. The zero-order chi connectivity index (χ0) is 41.2. The van der Waals surface area contributed by atoms with Crippen molar-refractivity contribution in [2.45, 2.75) is 226 Å². The number of esters is 2. The molecule has 0 aliphatic heterocycles. The van der Waals surface area contributed by atoms with Gasteiger partial charge in [-0.05, 0) is 44.6 Å². The first-order valence-electron chi connectivity index (χ1n) is 24.1. The van der Waals surface area contributed by atoms with E-state index in [0.717, 1.165) is 32.2 Å². The SMILES string of the molecule is CCCCCCCCC(CCCCCCCC)COC(=O)CCOCC(CN(C)CCCl)OCCC(=O)OCC(CCCCCCCC)CCCCCCCC. The zero-order valence-electron chi connectivity index (χ0n) is 37.9. The topological polar surface area (TPSA) is 74.3 Å². The lowest BCUT2D eigenvalue weighted by molar-refractivity contribution is -0.149. The minimum Gasteiger partial charge on any atom is -0.465 e. The maximum atomic E-state index is 12.8. The number of hydrogen-bond acceptors (Lipinski definition) is 7. The Hall–Kier alpha value is -0.890. The summed E-state index contributed by atoms with van der Waals surface area (Å²) < 4.78 is 23.7. The summed E-state index contributed by atoms with van der Waals surface area (Å²) in [5, 5.41) is 0. The van der Waals surface area contributed by atoms with E-state index >= 15 is 0 Å². The molecule has 0 N–H and O–H groups in total. The summed E-state index contributed by atoms with van der Waals surface area (Å²) in [4.78, 5) is 27.6. The van der Waals surface area contributed by atoms with Gasteiger partial charge in [0, 0.05) is 19.0 Å². The number of halogens is 1. The average Bonchev–Trinajstić information content (AvgIpc) is 3.19. The molecule has 56 heavy (non-hydrogen) atoms. The predicted octanol–water partition coefficient (Wildman–Crippen LogP) is 13.7. The van der Waals surface area contributed by atoms with Crippen molar-refractivity contribution in [2.24, 2.45) is 11.8 Å². The first kappa shape index (κ1) is 55.1. The van der Waals surface area contributed by atoms with Crippen LogP contribution in [0.15, 0.2) is 0 Å². The van der Waals surface area contributed by atoms with Crippen LogP contribution in [0.4, 0.5) is 0 Å². The maximum Gasteiger partial charge on any atom is 0.308 e. The lowest BCUT2D eigenvalue weighted by Crippen LogP contribution is -2.36. The second-order valence-electron chi connectivity index (χ2n) is 16.8. The third-order valence-corrected chi connectivity index (χ3v) is 11.4. The number of nitrogens with zero attached hydrogens (tertiary/aromatic N) is 1. The predicted molar refractivity (Wildman–Crippen MR) is 239 cm³/mol. The molecule has 0 rings (SSSR count). The van der Waals surface area contributed by atoms with Gasteiger partial charge in [0.15, 0.2) is 0 Å². The third-order valence-electron chi connectivity index (χ3n) is 11.2. The van der Waals surface area contributed by atoms with E-state index in [9.17, 15) is 9.59 Å². The van der Waals surface area contributed by atoms with Gasteiger partial charge in [-0.1, -0.05) is 182 Å². The molecule has 1 atom stereocenters. The number of likely N-dealkylation sites (N-methyl/N-ethyl adjacent to an activating group) is 1. The Morgan fingerprint density at radius 1 is 0.500 bits per heavy atom. The molecule has 8 heteroatoms. The van der Waals surface area contributed by atoms with Gasteiger partial charge in [0.05, 0.1) is 52.0 Å². The normalized spacial score (nSPS) is 12.3. The summed E-state index contributed by atoms with van der Waals surface area (Å²) in [6.45, 7) is 12.3. The van der Waals surface area contributed by atoms with Crippen molar-refractivity contribution < 1.29 is 28.5 Å². The molecule has 0 fully saturated rings. The van der Waals surface area contributed by atoms with Crippen LogP contribution in [0.3, 0.4) is 0 Å². The Labute approximate surface area is 353 Å². The van der Waals surface area contributed by atoms with Crippen molar-refractivity contribution in [2.75, 3.05) is 59.1 Å². The Morgan fingerprint density at radius 3 is 1.23 bits per heavy atom. The fraction of sp³-hybridized carbons (Fsp3) is 0.958. The van der Waals surface area contributed by atoms with Crippen LogP contribution in [0.25, 0.3) is 0 Å². The molecule has 0 saturated carbocycles. The number of ether oxygens (including phenoxy) is 4. The number of carbonyl (C=O) groups excluding carboxylic acids is 2. The van der Waals surface area contributed by atoms with Crippen molar-refractivity contribution in [3.05, 3.63) is 0 Å². The summed E-state index contributed by atoms with van der Waals surface area (Å²) in [6, 6.07) is 0. The highest BCUT2D eigenvalue weighted by Crippen LogP contribution is 2.22. The molecule has 0 aliphatic carbocycles. The van der Waals surface area contributed by atoms with Gasteiger partial charge in [-0.2, -0.15) is 0 Å². The van der Waals surface area contributed by atoms with Crippen molar-refractivity contribution >= 4 is 23.5 Å². The standard InChI is InChI=1S/C48H94ClNO6/c1-6-10-14-18-22-26-30-44(31-27-23-19-15-11-7-2)41-55-47(51)34-38-53-43-46(40-50(5)37-36-49)54-39-35-48(52)56-42-45(32-28-24-20-16-12-8-3)33-29-25-21-17-13-9-4/h44-46H,6-43H2,1-5H3. The van der Waals surface area contributed by atoms with Crippen molar-refractivity contribution in [3.8, 4) is 0 Å². The minimum absolute atomic E-state index is 0.188. The Kier molecular flexibility index (Phi) is 43.0. The highest BCUT2D eigenvalue weighted by atomic mass is 35.5. The Bertz CT molecular complexity index is 799. The largest absolute Gasteiger partial charge is 0.465 e. The van der Waals surface area contributed by atoms with Crippen LogP contribution in [-0.2, 0) is 28.5 Å².